The molecule has 1 N–H and O–H groups in total. The van der Waals surface area contributed by atoms with E-state index in [2.05, 4.69) is 10.1 Å². The van der Waals surface area contributed by atoms with Crippen LogP contribution in [0.25, 0.3) is 6.08 Å². The average molecular weight is 358 g/mol. The van der Waals surface area contributed by atoms with E-state index in [0.717, 1.165) is 12.0 Å². The van der Waals surface area contributed by atoms with Gasteiger partial charge in [-0.2, -0.15) is 0 Å². The summed E-state index contributed by atoms with van der Waals surface area (Å²) in [6.45, 7) is 3.91. The predicted octanol–water partition coefficient (Wildman–Crippen LogP) is 2.25. The van der Waals surface area contributed by atoms with Crippen LogP contribution < -0.4 is 5.32 Å². The van der Waals surface area contributed by atoms with E-state index in [-0.39, 0.29) is 23.7 Å². The van der Waals surface area contributed by atoms with Crippen molar-refractivity contribution in [2.75, 3.05) is 26.7 Å². The Morgan fingerprint density at radius 1 is 1.19 bits per heavy atom. The van der Waals surface area contributed by atoms with Gasteiger partial charge in [0, 0.05) is 31.6 Å². The molecule has 1 heterocycles. The van der Waals surface area contributed by atoms with Crippen LogP contribution >= 0.6 is 0 Å². The number of amides is 2. The Labute approximate surface area is 154 Å². The molecular weight excluding hydrogens is 332 g/mol. The highest BCUT2D eigenvalue weighted by Gasteiger charge is 2.26. The number of piperidine rings is 1. The van der Waals surface area contributed by atoms with E-state index in [1.807, 2.05) is 6.92 Å². The molecular formula is C20H26N2O4. The fraction of sp³-hybridized carbons (Fsp3) is 0.450. The number of nitrogens with one attached hydrogen (secondary N) is 1. The lowest BCUT2D eigenvalue weighted by molar-refractivity contribution is -0.132. The first kappa shape index (κ1) is 19.7. The number of hydrogen-bond donors (Lipinski definition) is 1. The van der Waals surface area contributed by atoms with E-state index in [9.17, 15) is 14.4 Å². The van der Waals surface area contributed by atoms with E-state index in [1.54, 1.807) is 35.2 Å². The number of benzene rings is 1. The Morgan fingerprint density at radius 3 is 2.42 bits per heavy atom. The second kappa shape index (κ2) is 9.75. The first-order chi connectivity index (χ1) is 12.5. The van der Waals surface area contributed by atoms with Gasteiger partial charge in [0.15, 0.2) is 0 Å². The van der Waals surface area contributed by atoms with Gasteiger partial charge in [-0.1, -0.05) is 19.1 Å². The maximum Gasteiger partial charge on any atom is 0.337 e. The van der Waals surface area contributed by atoms with Crippen LogP contribution in [-0.2, 0) is 14.3 Å². The van der Waals surface area contributed by atoms with Gasteiger partial charge >= 0.3 is 5.97 Å². The minimum atomic E-state index is -0.387. The molecule has 26 heavy (non-hydrogen) atoms. The highest BCUT2D eigenvalue weighted by atomic mass is 16.5. The Hall–Kier alpha value is -2.63. The topological polar surface area (TPSA) is 75.7 Å². The quantitative estimate of drug-likeness (QED) is 0.625. The predicted molar refractivity (Wildman–Crippen MR) is 99.4 cm³/mol. The van der Waals surface area contributed by atoms with Gasteiger partial charge in [-0.3, -0.25) is 9.59 Å². The lowest BCUT2D eigenvalue weighted by Gasteiger charge is -2.30. The molecule has 0 radical (unpaired) electrons. The molecule has 2 rings (SSSR count). The molecule has 1 fully saturated rings. The van der Waals surface area contributed by atoms with Crippen molar-refractivity contribution in [1.29, 1.82) is 0 Å². The van der Waals surface area contributed by atoms with Gasteiger partial charge in [-0.05, 0) is 43.0 Å². The van der Waals surface area contributed by atoms with Crippen LogP contribution in [0.1, 0.15) is 42.1 Å². The molecule has 0 aliphatic carbocycles. The van der Waals surface area contributed by atoms with Crippen molar-refractivity contribution >= 4 is 23.9 Å². The molecule has 6 heteroatoms. The van der Waals surface area contributed by atoms with Crippen LogP contribution in [0.4, 0.5) is 0 Å². The highest BCUT2D eigenvalue weighted by Crippen LogP contribution is 2.18. The van der Waals surface area contributed by atoms with Crippen molar-refractivity contribution in [3.63, 3.8) is 0 Å². The fourth-order valence-electron chi connectivity index (χ4n) is 2.88. The van der Waals surface area contributed by atoms with Crippen LogP contribution in [0.3, 0.4) is 0 Å². The molecule has 0 bridgehead atoms. The van der Waals surface area contributed by atoms with E-state index in [0.29, 0.717) is 38.0 Å². The molecule has 0 aromatic heterocycles. The molecule has 6 nitrogen and oxygen atoms in total. The smallest absolute Gasteiger partial charge is 0.337 e. The number of nitrogens with zero attached hydrogens (tertiary/aromatic N) is 1. The van der Waals surface area contributed by atoms with Crippen molar-refractivity contribution in [3.05, 3.63) is 41.5 Å². The third kappa shape index (κ3) is 5.44. The summed E-state index contributed by atoms with van der Waals surface area (Å²) in [6, 6.07) is 6.85. The molecule has 0 spiro atoms. The summed E-state index contributed by atoms with van der Waals surface area (Å²) < 4.78 is 4.65. The zero-order valence-corrected chi connectivity index (χ0v) is 15.4. The molecule has 140 valence electrons. The van der Waals surface area contributed by atoms with Crippen LogP contribution in [0, 0.1) is 5.92 Å². The Morgan fingerprint density at radius 2 is 1.85 bits per heavy atom. The normalized spacial score (nSPS) is 15.1. The summed E-state index contributed by atoms with van der Waals surface area (Å²) in [4.78, 5) is 37.5. The number of rotatable bonds is 6. The molecule has 2 amide bonds. The minimum absolute atomic E-state index is 0.000412. The summed E-state index contributed by atoms with van der Waals surface area (Å²) in [5, 5.41) is 2.92. The fourth-order valence-corrected chi connectivity index (χ4v) is 2.88. The van der Waals surface area contributed by atoms with Gasteiger partial charge in [-0.15, -0.1) is 0 Å². The van der Waals surface area contributed by atoms with Crippen LogP contribution in [-0.4, -0.2) is 49.4 Å². The summed E-state index contributed by atoms with van der Waals surface area (Å²) in [5.41, 5.74) is 1.30. The number of hydrogen-bond acceptors (Lipinski definition) is 4. The summed E-state index contributed by atoms with van der Waals surface area (Å²) in [7, 11) is 1.34. The first-order valence-corrected chi connectivity index (χ1v) is 8.98. The summed E-state index contributed by atoms with van der Waals surface area (Å²) >= 11 is 0. The lowest BCUT2D eigenvalue weighted by atomic mass is 9.96. The van der Waals surface area contributed by atoms with Crippen molar-refractivity contribution < 1.29 is 19.1 Å². The van der Waals surface area contributed by atoms with Gasteiger partial charge in [0.2, 0.25) is 11.8 Å². The van der Waals surface area contributed by atoms with Gasteiger partial charge in [-0.25, -0.2) is 4.79 Å². The Balaban J connectivity index is 1.84. The third-order valence-corrected chi connectivity index (χ3v) is 4.48. The van der Waals surface area contributed by atoms with Gasteiger partial charge in [0.25, 0.3) is 0 Å². The summed E-state index contributed by atoms with van der Waals surface area (Å²) in [5.74, 6) is -0.349. The number of likely N-dealkylation sites (tertiary alicyclic amines) is 1. The molecule has 1 aliphatic rings. The van der Waals surface area contributed by atoms with E-state index < -0.39 is 0 Å². The monoisotopic (exact) mass is 358 g/mol. The number of ether oxygens (including phenoxy) is 1. The molecule has 1 aliphatic heterocycles. The molecule has 0 unspecified atom stereocenters. The van der Waals surface area contributed by atoms with Crippen molar-refractivity contribution in [1.82, 2.24) is 10.2 Å². The van der Waals surface area contributed by atoms with E-state index in [4.69, 9.17) is 0 Å². The standard InChI is InChI=1S/C20H26N2O4/c1-3-12-21-19(24)16-10-13-22(14-11-16)18(23)9-6-15-4-7-17(8-5-15)20(25)26-2/h4-9,16H,3,10-14H2,1-2H3,(H,21,24)/b9-6+. The van der Waals surface area contributed by atoms with Gasteiger partial charge < -0.3 is 15.0 Å². The number of esters is 1. The van der Waals surface area contributed by atoms with Crippen molar-refractivity contribution in [2.45, 2.75) is 26.2 Å². The minimum Gasteiger partial charge on any atom is -0.465 e. The molecule has 1 saturated heterocycles. The third-order valence-electron chi connectivity index (χ3n) is 4.48. The SMILES string of the molecule is CCCNC(=O)C1CCN(C(=O)/C=C/c2ccc(C(=O)OC)cc2)CC1. The van der Waals surface area contributed by atoms with E-state index >= 15 is 0 Å². The summed E-state index contributed by atoms with van der Waals surface area (Å²) in [6.07, 6.45) is 5.58. The lowest BCUT2D eigenvalue weighted by Crippen LogP contribution is -2.42. The van der Waals surface area contributed by atoms with Crippen LogP contribution in [0.5, 0.6) is 0 Å². The van der Waals surface area contributed by atoms with Crippen molar-refractivity contribution in [2.24, 2.45) is 5.92 Å². The Bertz CT molecular complexity index is 659. The van der Waals surface area contributed by atoms with Gasteiger partial charge in [0.05, 0.1) is 12.7 Å². The zero-order chi connectivity index (χ0) is 18.9. The average Bonchev–Trinajstić information content (AvgIpc) is 2.70. The molecule has 0 atom stereocenters. The Kier molecular flexibility index (Phi) is 7.38. The van der Waals surface area contributed by atoms with Crippen LogP contribution in [0.2, 0.25) is 0 Å². The first-order valence-electron chi connectivity index (χ1n) is 8.98. The van der Waals surface area contributed by atoms with E-state index in [1.165, 1.54) is 13.2 Å². The second-order valence-corrected chi connectivity index (χ2v) is 6.34. The van der Waals surface area contributed by atoms with Crippen LogP contribution in [0.15, 0.2) is 30.3 Å². The zero-order valence-electron chi connectivity index (χ0n) is 15.4. The molecule has 1 aromatic rings. The largest absolute Gasteiger partial charge is 0.465 e. The maximum absolute atomic E-state index is 12.3. The molecule has 1 aromatic carbocycles. The number of carbonyl (C=O) groups excluding carboxylic acids is 3. The second-order valence-electron chi connectivity index (χ2n) is 6.34. The highest BCUT2D eigenvalue weighted by molar-refractivity contribution is 5.92. The van der Waals surface area contributed by atoms with Crippen molar-refractivity contribution in [3.8, 4) is 0 Å². The number of carbonyl (C=O) groups is 3. The number of methoxy groups -OCH3 is 1. The molecule has 0 saturated carbocycles. The maximum atomic E-state index is 12.3. The van der Waals surface area contributed by atoms with Gasteiger partial charge in [0.1, 0.15) is 0 Å².